The van der Waals surface area contributed by atoms with Gasteiger partial charge in [0.25, 0.3) is 0 Å². The standard InChI is InChI=1S/2C38H29N3P2/c2*1-6-18-30(19-7-1)41-38(43(33-24-12-4-13-25-33)34-26-14-5-15-27-34)37(39-40-41)35-28-16-17-29-36(35)42(31-20-8-2-9-21-31)32-22-10-3-11-23-32/h2*1-29H. The van der Waals surface area contributed by atoms with Crippen molar-refractivity contribution in [3.8, 4) is 33.9 Å². The van der Waals surface area contributed by atoms with E-state index in [1.54, 1.807) is 0 Å². The van der Waals surface area contributed by atoms with E-state index in [2.05, 4.69) is 349 Å². The predicted molar refractivity (Wildman–Crippen MR) is 368 cm³/mol. The second-order valence-corrected chi connectivity index (χ2v) is 28.7. The molecule has 0 aliphatic carbocycles. The molecule has 2 aromatic heterocycles. The Balaban J connectivity index is 0.000000160. The molecule has 6 nitrogen and oxygen atoms in total. The summed E-state index contributed by atoms with van der Waals surface area (Å²) in [6.45, 7) is 0. The number of nitrogens with zero attached hydrogens (tertiary/aromatic N) is 6. The summed E-state index contributed by atoms with van der Waals surface area (Å²) in [6.07, 6.45) is 0. The number of para-hydroxylation sites is 2. The second kappa shape index (κ2) is 27.1. The van der Waals surface area contributed by atoms with E-state index >= 15 is 0 Å². The Bertz CT molecular complexity index is 3950. The smallest absolute Gasteiger partial charge is 0.122 e. The van der Waals surface area contributed by atoms with E-state index in [-0.39, 0.29) is 0 Å². The van der Waals surface area contributed by atoms with Crippen molar-refractivity contribution >= 4 is 95.6 Å². The van der Waals surface area contributed by atoms with Crippen molar-refractivity contribution in [1.82, 2.24) is 30.0 Å². The third kappa shape index (κ3) is 12.1. The number of hydrogen-bond acceptors (Lipinski definition) is 4. The molecular formula is C76H58N6P4. The molecule has 0 saturated heterocycles. The molecule has 0 radical (unpaired) electrons. The topological polar surface area (TPSA) is 61.4 Å². The molecule has 10 heteroatoms. The van der Waals surface area contributed by atoms with Gasteiger partial charge in [-0.15, -0.1) is 10.2 Å². The van der Waals surface area contributed by atoms with Gasteiger partial charge < -0.3 is 0 Å². The van der Waals surface area contributed by atoms with Crippen LogP contribution in [0.5, 0.6) is 0 Å². The Morgan fingerprint density at radius 1 is 0.198 bits per heavy atom. The summed E-state index contributed by atoms with van der Waals surface area (Å²) in [5, 5.41) is 32.6. The Kier molecular flexibility index (Phi) is 17.6. The lowest BCUT2D eigenvalue weighted by Crippen LogP contribution is -2.29. The minimum Gasteiger partial charge on any atom is -0.212 e. The summed E-state index contributed by atoms with van der Waals surface area (Å²) < 4.78 is 4.12. The molecule has 0 unspecified atom stereocenters. The summed E-state index contributed by atoms with van der Waals surface area (Å²) >= 11 is 0. The van der Waals surface area contributed by atoms with E-state index in [4.69, 9.17) is 20.6 Å². The molecule has 0 spiro atoms. The van der Waals surface area contributed by atoms with Crippen LogP contribution in [0.2, 0.25) is 0 Å². The van der Waals surface area contributed by atoms with Crippen molar-refractivity contribution in [3.63, 3.8) is 0 Å². The first-order chi connectivity index (χ1) is 42.8. The quantitative estimate of drug-likeness (QED) is 0.0905. The summed E-state index contributed by atoms with van der Waals surface area (Å²) in [7, 11) is -3.68. The molecule has 0 saturated carbocycles. The van der Waals surface area contributed by atoms with Crippen LogP contribution in [0.15, 0.2) is 352 Å². The molecule has 0 bridgehead atoms. The van der Waals surface area contributed by atoms with Crippen LogP contribution in [0.1, 0.15) is 0 Å². The normalized spacial score (nSPS) is 11.2. The second-order valence-electron chi connectivity index (χ2n) is 20.1. The first kappa shape index (κ1) is 55.8. The monoisotopic (exact) mass is 1180 g/mol. The lowest BCUT2D eigenvalue weighted by Gasteiger charge is -2.24. The Morgan fingerprint density at radius 2 is 0.395 bits per heavy atom. The van der Waals surface area contributed by atoms with Crippen LogP contribution in [-0.4, -0.2) is 30.0 Å². The molecule has 0 amide bonds. The fourth-order valence-corrected chi connectivity index (χ4v) is 20.6. The highest BCUT2D eigenvalue weighted by Gasteiger charge is 2.32. The minimum atomic E-state index is -0.993. The minimum absolute atomic E-state index is 0.845. The molecule has 0 aliphatic rings. The molecule has 86 heavy (non-hydrogen) atoms. The average molecular weight is 1180 g/mol. The Morgan fingerprint density at radius 3 is 0.640 bits per heavy atom. The molecule has 0 aliphatic heterocycles. The number of aromatic nitrogens is 6. The molecule has 14 rings (SSSR count). The van der Waals surface area contributed by atoms with E-state index in [9.17, 15) is 0 Å². The fourth-order valence-electron chi connectivity index (χ4n) is 10.8. The molecular weight excluding hydrogens is 1120 g/mol. The van der Waals surface area contributed by atoms with Crippen molar-refractivity contribution < 1.29 is 0 Å². The van der Waals surface area contributed by atoms with Gasteiger partial charge in [0.2, 0.25) is 0 Å². The number of rotatable bonds is 16. The summed E-state index contributed by atoms with van der Waals surface area (Å²) in [5.74, 6) is 0. The van der Waals surface area contributed by atoms with E-state index < -0.39 is 31.7 Å². The molecule has 0 atom stereocenters. The third-order valence-corrected chi connectivity index (χ3v) is 24.5. The van der Waals surface area contributed by atoms with Crippen molar-refractivity contribution in [1.29, 1.82) is 0 Å². The molecule has 12 aromatic carbocycles. The van der Waals surface area contributed by atoms with Crippen LogP contribution in [-0.2, 0) is 0 Å². The zero-order valence-corrected chi connectivity index (χ0v) is 50.5. The van der Waals surface area contributed by atoms with Gasteiger partial charge in [0.1, 0.15) is 22.3 Å². The molecule has 2 heterocycles. The van der Waals surface area contributed by atoms with E-state index in [1.165, 1.54) is 53.0 Å². The Hall–Kier alpha value is -9.36. The van der Waals surface area contributed by atoms with E-state index in [0.29, 0.717) is 0 Å². The molecule has 14 aromatic rings. The largest absolute Gasteiger partial charge is 0.212 e. The van der Waals surface area contributed by atoms with Gasteiger partial charge in [-0.05, 0) is 93.2 Å². The number of hydrogen-bond donors (Lipinski definition) is 0. The summed E-state index contributed by atoms with van der Waals surface area (Å²) in [6, 6.07) is 125. The maximum absolute atomic E-state index is 5.00. The first-order valence-electron chi connectivity index (χ1n) is 28.6. The van der Waals surface area contributed by atoms with Crippen molar-refractivity contribution in [2.45, 2.75) is 0 Å². The van der Waals surface area contributed by atoms with Gasteiger partial charge in [-0.2, -0.15) is 0 Å². The van der Waals surface area contributed by atoms with Crippen molar-refractivity contribution in [2.75, 3.05) is 0 Å². The molecule has 0 N–H and O–H groups in total. The van der Waals surface area contributed by atoms with Crippen molar-refractivity contribution in [2.24, 2.45) is 0 Å². The lowest BCUT2D eigenvalue weighted by molar-refractivity contribution is 0.817. The van der Waals surface area contributed by atoms with Gasteiger partial charge in [-0.1, -0.05) is 338 Å². The van der Waals surface area contributed by atoms with Gasteiger partial charge in [0, 0.05) is 27.0 Å². The zero-order chi connectivity index (χ0) is 57.7. The van der Waals surface area contributed by atoms with Crippen LogP contribution >= 0.6 is 31.7 Å². The van der Waals surface area contributed by atoms with Gasteiger partial charge in [-0.3, -0.25) is 0 Å². The summed E-state index contributed by atoms with van der Waals surface area (Å²) in [5.41, 5.74) is 8.33. The van der Waals surface area contributed by atoms with Gasteiger partial charge >= 0.3 is 0 Å². The van der Waals surface area contributed by atoms with Crippen LogP contribution in [0.4, 0.5) is 0 Å². The average Bonchev–Trinajstić information content (AvgIpc) is 2.61. The Labute approximate surface area is 508 Å². The maximum atomic E-state index is 5.00. The molecule has 0 fully saturated rings. The summed E-state index contributed by atoms with van der Waals surface area (Å²) in [4.78, 5) is 0. The van der Waals surface area contributed by atoms with Crippen molar-refractivity contribution in [3.05, 3.63) is 352 Å². The van der Waals surface area contributed by atoms with Gasteiger partial charge in [0.15, 0.2) is 0 Å². The molecule has 412 valence electrons. The van der Waals surface area contributed by atoms with Gasteiger partial charge in [0.05, 0.1) is 11.4 Å². The fraction of sp³-hybridized carbons (Fsp3) is 0. The highest BCUT2D eigenvalue weighted by atomic mass is 31.1. The van der Waals surface area contributed by atoms with Gasteiger partial charge in [-0.25, -0.2) is 9.36 Å². The van der Waals surface area contributed by atoms with E-state index in [1.807, 2.05) is 12.1 Å². The SMILES string of the molecule is c1ccc(-n2nnc(-c3ccccc3P(c3ccccc3)c3ccccc3)c2P(c2ccccc2)c2ccccc2)cc1.c1ccc(-n2nnc(-c3ccccc3P(c3ccccc3)c3ccccc3)c2P(c2ccccc2)c2ccccc2)cc1. The van der Waals surface area contributed by atoms with Crippen LogP contribution in [0.25, 0.3) is 33.9 Å². The maximum Gasteiger partial charge on any atom is 0.122 e. The van der Waals surface area contributed by atoms with Crippen LogP contribution in [0, 0.1) is 0 Å². The lowest BCUT2D eigenvalue weighted by atomic mass is 10.2. The zero-order valence-electron chi connectivity index (χ0n) is 47.0. The first-order valence-corrected chi connectivity index (χ1v) is 34.0. The highest BCUT2D eigenvalue weighted by molar-refractivity contribution is 7.81. The van der Waals surface area contributed by atoms with Crippen LogP contribution < -0.4 is 63.9 Å². The van der Waals surface area contributed by atoms with Crippen LogP contribution in [0.3, 0.4) is 0 Å². The van der Waals surface area contributed by atoms with E-state index in [0.717, 1.165) is 44.8 Å². The number of benzene rings is 12. The third-order valence-electron chi connectivity index (χ3n) is 14.6. The predicted octanol–water partition coefficient (Wildman–Crippen LogP) is 12.9. The highest BCUT2D eigenvalue weighted by Crippen LogP contribution is 2.43.